The Morgan fingerprint density at radius 3 is 2.42 bits per heavy atom. The van der Waals surface area contributed by atoms with Gasteiger partial charge in [-0.1, -0.05) is 42.0 Å². The first-order valence-corrected chi connectivity index (χ1v) is 12.0. The molecule has 3 aromatic rings. The van der Waals surface area contributed by atoms with Gasteiger partial charge in [-0.15, -0.1) is 0 Å². The van der Waals surface area contributed by atoms with Gasteiger partial charge in [-0.2, -0.15) is 0 Å². The lowest BCUT2D eigenvalue weighted by atomic mass is 9.84. The van der Waals surface area contributed by atoms with Crippen LogP contribution < -0.4 is 14.4 Å². The van der Waals surface area contributed by atoms with Gasteiger partial charge < -0.3 is 14.2 Å². The quantitative estimate of drug-likeness (QED) is 0.431. The fourth-order valence-corrected chi connectivity index (χ4v) is 5.10. The molecule has 0 aromatic heterocycles. The van der Waals surface area contributed by atoms with Crippen LogP contribution in [-0.2, 0) is 20.9 Å². The molecule has 2 aliphatic rings. The number of benzene rings is 3. The number of ether oxygens (including phenoxy) is 3. The summed E-state index contributed by atoms with van der Waals surface area (Å²) in [5, 5.41) is 0. The van der Waals surface area contributed by atoms with Gasteiger partial charge in [0.05, 0.1) is 18.4 Å². The van der Waals surface area contributed by atoms with Crippen molar-refractivity contribution in [3.8, 4) is 11.5 Å². The molecule has 36 heavy (non-hydrogen) atoms. The summed E-state index contributed by atoms with van der Waals surface area (Å²) in [5.41, 5.74) is 7.07. The number of esters is 1. The van der Waals surface area contributed by atoms with Gasteiger partial charge in [0, 0.05) is 18.0 Å². The van der Waals surface area contributed by atoms with Gasteiger partial charge in [-0.05, 0) is 67.3 Å². The molecule has 0 radical (unpaired) electrons. The van der Waals surface area contributed by atoms with Crippen molar-refractivity contribution in [3.63, 3.8) is 0 Å². The molecule has 1 unspecified atom stereocenters. The fraction of sp³-hybridized carbons (Fsp3) is 0.267. The van der Waals surface area contributed by atoms with E-state index in [0.717, 1.165) is 27.9 Å². The molecule has 0 aliphatic carbocycles. The number of carbonyl (C=O) groups is 2. The molecule has 0 fully saturated rings. The SMILES string of the molecule is COc1cc(C2CC(=O)N(c3cc(C)cc(C)c3)C3=C2C(=O)OC3)ccc1OCc1cccc(C)c1. The molecule has 0 saturated heterocycles. The third kappa shape index (κ3) is 4.47. The van der Waals surface area contributed by atoms with Crippen LogP contribution in [0.1, 0.15) is 40.2 Å². The van der Waals surface area contributed by atoms with Crippen molar-refractivity contribution in [1.29, 1.82) is 0 Å². The predicted molar refractivity (Wildman–Crippen MR) is 137 cm³/mol. The molecular formula is C30H29NO5. The minimum atomic E-state index is -0.413. The normalized spacial score (nSPS) is 17.2. The second-order valence-electron chi connectivity index (χ2n) is 9.46. The molecule has 0 saturated carbocycles. The van der Waals surface area contributed by atoms with Crippen molar-refractivity contribution >= 4 is 17.6 Å². The van der Waals surface area contributed by atoms with E-state index < -0.39 is 5.92 Å². The molecule has 1 atom stereocenters. The van der Waals surface area contributed by atoms with Gasteiger partial charge in [0.2, 0.25) is 5.91 Å². The van der Waals surface area contributed by atoms with Crippen LogP contribution in [0.25, 0.3) is 0 Å². The highest BCUT2D eigenvalue weighted by Crippen LogP contribution is 2.44. The van der Waals surface area contributed by atoms with Crippen LogP contribution in [0, 0.1) is 20.8 Å². The summed E-state index contributed by atoms with van der Waals surface area (Å²) in [6.07, 6.45) is 0.160. The average molecular weight is 484 g/mol. The number of hydrogen-bond donors (Lipinski definition) is 0. The summed E-state index contributed by atoms with van der Waals surface area (Å²) in [6.45, 7) is 6.52. The van der Waals surface area contributed by atoms with E-state index in [1.54, 1.807) is 12.0 Å². The number of methoxy groups -OCH3 is 1. The van der Waals surface area contributed by atoms with E-state index in [1.165, 1.54) is 5.56 Å². The lowest BCUT2D eigenvalue weighted by molar-refractivity contribution is -0.136. The Balaban J connectivity index is 1.47. The van der Waals surface area contributed by atoms with E-state index in [0.29, 0.717) is 29.4 Å². The molecule has 6 nitrogen and oxygen atoms in total. The Morgan fingerprint density at radius 1 is 0.917 bits per heavy atom. The van der Waals surface area contributed by atoms with Crippen molar-refractivity contribution in [1.82, 2.24) is 0 Å². The maximum Gasteiger partial charge on any atom is 0.336 e. The van der Waals surface area contributed by atoms with Crippen molar-refractivity contribution in [2.45, 2.75) is 39.7 Å². The molecule has 1 amide bonds. The Labute approximate surface area is 211 Å². The highest BCUT2D eigenvalue weighted by Gasteiger charge is 2.43. The van der Waals surface area contributed by atoms with Crippen molar-refractivity contribution in [2.24, 2.45) is 0 Å². The summed E-state index contributed by atoms with van der Waals surface area (Å²) in [6, 6.07) is 19.7. The summed E-state index contributed by atoms with van der Waals surface area (Å²) in [5.74, 6) is 0.295. The predicted octanol–water partition coefficient (Wildman–Crippen LogP) is 5.53. The molecule has 2 heterocycles. The maximum absolute atomic E-state index is 13.4. The molecule has 184 valence electrons. The maximum atomic E-state index is 13.4. The Bertz CT molecular complexity index is 1370. The molecule has 0 N–H and O–H groups in total. The van der Waals surface area contributed by atoms with Crippen molar-refractivity contribution in [2.75, 3.05) is 18.6 Å². The smallest absolute Gasteiger partial charge is 0.336 e. The van der Waals surface area contributed by atoms with Gasteiger partial charge >= 0.3 is 5.97 Å². The van der Waals surface area contributed by atoms with Crippen LogP contribution in [0.15, 0.2) is 71.9 Å². The standard InChI is InChI=1S/C30H29NO5/c1-18-6-5-7-21(11-18)16-35-26-9-8-22(14-27(26)34-4)24-15-28(32)31(25-17-36-30(33)29(24)25)23-12-19(2)10-20(3)13-23/h5-14,24H,15-17H2,1-4H3. The van der Waals surface area contributed by atoms with E-state index in [1.807, 2.05) is 69.3 Å². The van der Waals surface area contributed by atoms with Gasteiger partial charge in [0.15, 0.2) is 11.5 Å². The monoisotopic (exact) mass is 483 g/mol. The largest absolute Gasteiger partial charge is 0.493 e. The van der Waals surface area contributed by atoms with Crippen LogP contribution >= 0.6 is 0 Å². The van der Waals surface area contributed by atoms with E-state index in [9.17, 15) is 9.59 Å². The van der Waals surface area contributed by atoms with Gasteiger partial charge in [0.25, 0.3) is 0 Å². The third-order valence-corrected chi connectivity index (χ3v) is 6.65. The van der Waals surface area contributed by atoms with Crippen LogP contribution in [0.3, 0.4) is 0 Å². The Morgan fingerprint density at radius 2 is 1.69 bits per heavy atom. The number of anilines is 1. The third-order valence-electron chi connectivity index (χ3n) is 6.65. The minimum absolute atomic E-state index is 0.0687. The van der Waals surface area contributed by atoms with Crippen LogP contribution in [0.5, 0.6) is 11.5 Å². The number of aryl methyl sites for hydroxylation is 3. The fourth-order valence-electron chi connectivity index (χ4n) is 5.10. The number of carbonyl (C=O) groups excluding carboxylic acids is 2. The minimum Gasteiger partial charge on any atom is -0.493 e. The molecule has 2 aliphatic heterocycles. The number of hydrogen-bond acceptors (Lipinski definition) is 5. The highest BCUT2D eigenvalue weighted by molar-refractivity contribution is 6.06. The lowest BCUT2D eigenvalue weighted by Gasteiger charge is -2.32. The second kappa shape index (κ2) is 9.53. The molecule has 5 rings (SSSR count). The highest BCUT2D eigenvalue weighted by atomic mass is 16.5. The number of nitrogens with zero attached hydrogens (tertiary/aromatic N) is 1. The van der Waals surface area contributed by atoms with Gasteiger partial charge in [-0.25, -0.2) is 4.79 Å². The molecule has 6 heteroatoms. The zero-order valence-electron chi connectivity index (χ0n) is 21.0. The first kappa shape index (κ1) is 23.7. The lowest BCUT2D eigenvalue weighted by Crippen LogP contribution is -2.37. The summed E-state index contributed by atoms with van der Waals surface area (Å²) >= 11 is 0. The summed E-state index contributed by atoms with van der Waals surface area (Å²) in [7, 11) is 1.58. The van der Waals surface area contributed by atoms with E-state index >= 15 is 0 Å². The average Bonchev–Trinajstić information content (AvgIpc) is 3.22. The summed E-state index contributed by atoms with van der Waals surface area (Å²) < 4.78 is 17.1. The molecule has 0 bridgehead atoms. The molecule has 0 spiro atoms. The van der Waals surface area contributed by atoms with Crippen LogP contribution in [0.2, 0.25) is 0 Å². The number of amides is 1. The van der Waals surface area contributed by atoms with Gasteiger partial charge in [-0.3, -0.25) is 9.69 Å². The summed E-state index contributed by atoms with van der Waals surface area (Å²) in [4.78, 5) is 27.9. The first-order valence-electron chi connectivity index (χ1n) is 12.0. The van der Waals surface area contributed by atoms with Crippen LogP contribution in [0.4, 0.5) is 5.69 Å². The Hall–Kier alpha value is -4.06. The van der Waals surface area contributed by atoms with E-state index in [4.69, 9.17) is 14.2 Å². The number of cyclic esters (lactones) is 1. The van der Waals surface area contributed by atoms with Gasteiger partial charge in [0.1, 0.15) is 13.2 Å². The topological polar surface area (TPSA) is 65.1 Å². The second-order valence-corrected chi connectivity index (χ2v) is 9.46. The zero-order valence-corrected chi connectivity index (χ0v) is 21.0. The Kier molecular flexibility index (Phi) is 6.27. The van der Waals surface area contributed by atoms with Crippen molar-refractivity contribution < 1.29 is 23.8 Å². The molecule has 3 aromatic carbocycles. The van der Waals surface area contributed by atoms with Crippen LogP contribution in [-0.4, -0.2) is 25.6 Å². The van der Waals surface area contributed by atoms with E-state index in [2.05, 4.69) is 12.1 Å². The number of rotatable bonds is 6. The van der Waals surface area contributed by atoms with E-state index in [-0.39, 0.29) is 24.9 Å². The first-order chi connectivity index (χ1) is 17.3. The van der Waals surface area contributed by atoms with Crippen molar-refractivity contribution in [3.05, 3.63) is 99.8 Å². The zero-order chi connectivity index (χ0) is 25.4. The molecular weight excluding hydrogens is 454 g/mol.